The number of halogens is 3. The summed E-state index contributed by atoms with van der Waals surface area (Å²) >= 11 is 0. The smallest absolute Gasteiger partial charge is 0.384 e. The number of amides is 2. The first kappa shape index (κ1) is 28.0. The highest BCUT2D eigenvalue weighted by Crippen LogP contribution is 2.36. The SMILES string of the molecule is O=C(NCC(=O)N1CCCCC1CCNC1CCC(O)(c2ccccn2)CC1)c1cccc(C(F)(F)F)c1. The van der Waals surface area contributed by atoms with Crippen LogP contribution in [0, 0.1) is 0 Å². The van der Waals surface area contributed by atoms with Gasteiger partial charge in [-0.1, -0.05) is 12.1 Å². The van der Waals surface area contributed by atoms with E-state index < -0.39 is 23.2 Å². The standard InChI is InChI=1S/C28H35F3N4O3/c29-28(30,31)21-7-5-6-20(18-21)26(37)34-19-25(36)35-17-4-2-8-23(35)12-16-32-22-10-13-27(38,14-11-22)24-9-1-3-15-33-24/h1,3,5-7,9,15,18,22-23,32,38H,2,4,8,10-14,16-17,19H2,(H,34,37). The molecule has 1 aromatic heterocycles. The Balaban J connectivity index is 1.23. The highest BCUT2D eigenvalue weighted by Gasteiger charge is 2.36. The lowest BCUT2D eigenvalue weighted by atomic mass is 9.80. The Labute approximate surface area is 220 Å². The summed E-state index contributed by atoms with van der Waals surface area (Å²) in [5.41, 5.74) is -1.20. The molecule has 1 aliphatic carbocycles. The number of pyridine rings is 1. The van der Waals surface area contributed by atoms with Crippen LogP contribution in [0.25, 0.3) is 0 Å². The van der Waals surface area contributed by atoms with E-state index in [1.807, 2.05) is 18.2 Å². The highest BCUT2D eigenvalue weighted by atomic mass is 19.4. The van der Waals surface area contributed by atoms with E-state index in [-0.39, 0.29) is 24.1 Å². The van der Waals surface area contributed by atoms with Gasteiger partial charge in [0, 0.05) is 30.4 Å². The summed E-state index contributed by atoms with van der Waals surface area (Å²) < 4.78 is 38.8. The Bertz CT molecular complexity index is 1090. The molecule has 4 rings (SSSR count). The zero-order valence-electron chi connectivity index (χ0n) is 21.3. The van der Waals surface area contributed by atoms with E-state index in [4.69, 9.17) is 0 Å². The lowest BCUT2D eigenvalue weighted by Crippen LogP contribution is -2.49. The average molecular weight is 533 g/mol. The number of piperidine rings is 1. The third-order valence-electron chi connectivity index (χ3n) is 7.66. The molecule has 10 heteroatoms. The van der Waals surface area contributed by atoms with Crippen molar-refractivity contribution in [2.75, 3.05) is 19.6 Å². The number of rotatable bonds is 8. The fourth-order valence-corrected chi connectivity index (χ4v) is 5.47. The lowest BCUT2D eigenvalue weighted by molar-refractivity contribution is -0.137. The fraction of sp³-hybridized carbons (Fsp3) is 0.536. The van der Waals surface area contributed by atoms with Gasteiger partial charge >= 0.3 is 6.18 Å². The van der Waals surface area contributed by atoms with Gasteiger partial charge in [-0.3, -0.25) is 14.6 Å². The molecule has 2 amide bonds. The maximum atomic E-state index is 12.9. The molecular formula is C28H35F3N4O3. The number of benzene rings is 1. The summed E-state index contributed by atoms with van der Waals surface area (Å²) in [4.78, 5) is 31.4. The third kappa shape index (κ3) is 7.11. The van der Waals surface area contributed by atoms with Crippen LogP contribution in [0.1, 0.15) is 73.0 Å². The molecular weight excluding hydrogens is 497 g/mol. The van der Waals surface area contributed by atoms with E-state index in [0.29, 0.717) is 25.4 Å². The summed E-state index contributed by atoms with van der Waals surface area (Å²) in [6, 6.07) is 10.1. The largest absolute Gasteiger partial charge is 0.416 e. The van der Waals surface area contributed by atoms with Gasteiger partial charge in [-0.25, -0.2) is 0 Å². The Morgan fingerprint density at radius 3 is 2.58 bits per heavy atom. The van der Waals surface area contributed by atoms with Gasteiger partial charge in [-0.05, 0) is 88.2 Å². The topological polar surface area (TPSA) is 94.6 Å². The normalized spacial score (nSPS) is 24.2. The first-order valence-corrected chi connectivity index (χ1v) is 13.3. The second kappa shape index (κ2) is 12.3. The van der Waals surface area contributed by atoms with Crippen molar-refractivity contribution >= 4 is 11.8 Å². The number of aliphatic hydroxyl groups is 1. The molecule has 1 saturated carbocycles. The van der Waals surface area contributed by atoms with Crippen LogP contribution in [-0.4, -0.2) is 58.5 Å². The number of hydrogen-bond acceptors (Lipinski definition) is 5. The quantitative estimate of drug-likeness (QED) is 0.478. The summed E-state index contributed by atoms with van der Waals surface area (Å²) in [5.74, 6) is -0.934. The van der Waals surface area contributed by atoms with Crippen molar-refractivity contribution in [2.24, 2.45) is 0 Å². The predicted molar refractivity (Wildman–Crippen MR) is 136 cm³/mol. The molecule has 38 heavy (non-hydrogen) atoms. The Hall–Kier alpha value is -2.98. The van der Waals surface area contributed by atoms with Gasteiger partial charge in [0.1, 0.15) is 5.60 Å². The van der Waals surface area contributed by atoms with Gasteiger partial charge in [0.2, 0.25) is 5.91 Å². The number of nitrogens with zero attached hydrogens (tertiary/aromatic N) is 2. The van der Waals surface area contributed by atoms with Crippen LogP contribution in [0.3, 0.4) is 0 Å². The number of alkyl halides is 3. The molecule has 2 fully saturated rings. The molecule has 2 aromatic rings. The van der Waals surface area contributed by atoms with Gasteiger partial charge in [0.05, 0.1) is 17.8 Å². The lowest BCUT2D eigenvalue weighted by Gasteiger charge is -2.38. The predicted octanol–water partition coefficient (Wildman–Crippen LogP) is 4.02. The molecule has 3 N–H and O–H groups in total. The molecule has 0 bridgehead atoms. The minimum absolute atomic E-state index is 0.0447. The molecule has 206 valence electrons. The molecule has 0 spiro atoms. The van der Waals surface area contributed by atoms with Crippen LogP contribution >= 0.6 is 0 Å². The minimum atomic E-state index is -4.54. The number of hydrogen-bond donors (Lipinski definition) is 3. The molecule has 1 unspecified atom stereocenters. The number of nitrogens with one attached hydrogen (secondary N) is 2. The zero-order chi connectivity index (χ0) is 27.2. The molecule has 0 radical (unpaired) electrons. The first-order chi connectivity index (χ1) is 18.2. The Kier molecular flexibility index (Phi) is 9.04. The summed E-state index contributed by atoms with van der Waals surface area (Å²) in [5, 5.41) is 17.0. The number of carbonyl (C=O) groups excluding carboxylic acids is 2. The molecule has 2 aliphatic rings. The highest BCUT2D eigenvalue weighted by molar-refractivity contribution is 5.96. The summed E-state index contributed by atoms with van der Waals surface area (Å²) in [6.07, 6.45) is 3.65. The van der Waals surface area contributed by atoms with Gasteiger partial charge < -0.3 is 20.6 Å². The maximum Gasteiger partial charge on any atom is 0.416 e. The third-order valence-corrected chi connectivity index (χ3v) is 7.66. The van der Waals surface area contributed by atoms with E-state index in [2.05, 4.69) is 15.6 Å². The van der Waals surface area contributed by atoms with Crippen LogP contribution in [-0.2, 0) is 16.6 Å². The second-order valence-electron chi connectivity index (χ2n) is 10.3. The van der Waals surface area contributed by atoms with Gasteiger partial charge in [0.15, 0.2) is 0 Å². The van der Waals surface area contributed by atoms with Crippen molar-refractivity contribution in [3.8, 4) is 0 Å². The Morgan fingerprint density at radius 1 is 1.08 bits per heavy atom. The van der Waals surface area contributed by atoms with Gasteiger partial charge in [-0.15, -0.1) is 0 Å². The summed E-state index contributed by atoms with van der Waals surface area (Å²) in [6.45, 7) is 1.08. The van der Waals surface area contributed by atoms with Crippen molar-refractivity contribution in [3.05, 3.63) is 65.5 Å². The molecule has 1 aromatic carbocycles. The van der Waals surface area contributed by atoms with Crippen LogP contribution in [0.4, 0.5) is 13.2 Å². The average Bonchev–Trinajstić information content (AvgIpc) is 2.93. The molecule has 1 aliphatic heterocycles. The van der Waals surface area contributed by atoms with E-state index in [0.717, 1.165) is 62.9 Å². The van der Waals surface area contributed by atoms with E-state index >= 15 is 0 Å². The van der Waals surface area contributed by atoms with Crippen LogP contribution in [0.15, 0.2) is 48.7 Å². The summed E-state index contributed by atoms with van der Waals surface area (Å²) in [7, 11) is 0. The number of carbonyl (C=O) groups is 2. The van der Waals surface area contributed by atoms with E-state index in [1.54, 1.807) is 11.1 Å². The van der Waals surface area contributed by atoms with Crippen LogP contribution < -0.4 is 10.6 Å². The van der Waals surface area contributed by atoms with Crippen molar-refractivity contribution in [3.63, 3.8) is 0 Å². The number of likely N-dealkylation sites (tertiary alicyclic amines) is 1. The molecule has 1 atom stereocenters. The zero-order valence-corrected chi connectivity index (χ0v) is 21.3. The maximum absolute atomic E-state index is 12.9. The van der Waals surface area contributed by atoms with Gasteiger partial charge in [0.25, 0.3) is 5.91 Å². The van der Waals surface area contributed by atoms with Crippen molar-refractivity contribution in [1.29, 1.82) is 0 Å². The molecule has 2 heterocycles. The van der Waals surface area contributed by atoms with E-state index in [1.165, 1.54) is 12.1 Å². The fourth-order valence-electron chi connectivity index (χ4n) is 5.47. The molecule has 1 saturated heterocycles. The van der Waals surface area contributed by atoms with Crippen molar-refractivity contribution < 1.29 is 27.9 Å². The van der Waals surface area contributed by atoms with Crippen LogP contribution in [0.2, 0.25) is 0 Å². The number of aromatic nitrogens is 1. The van der Waals surface area contributed by atoms with Crippen molar-refractivity contribution in [1.82, 2.24) is 20.5 Å². The van der Waals surface area contributed by atoms with E-state index in [9.17, 15) is 27.9 Å². The Morgan fingerprint density at radius 2 is 1.87 bits per heavy atom. The monoisotopic (exact) mass is 532 g/mol. The molecule has 7 nitrogen and oxygen atoms in total. The second-order valence-corrected chi connectivity index (χ2v) is 10.3. The minimum Gasteiger partial charge on any atom is -0.384 e. The van der Waals surface area contributed by atoms with Crippen molar-refractivity contribution in [2.45, 2.75) is 75.2 Å². The van der Waals surface area contributed by atoms with Gasteiger partial charge in [-0.2, -0.15) is 13.2 Å². The first-order valence-electron chi connectivity index (χ1n) is 13.3. The van der Waals surface area contributed by atoms with Crippen LogP contribution in [0.5, 0.6) is 0 Å².